The number of nitrogens with zero attached hydrogens (tertiary/aromatic N) is 2. The molecule has 0 radical (unpaired) electrons. The van der Waals surface area contributed by atoms with Crippen LogP contribution in [0, 0.1) is 12.7 Å². The van der Waals surface area contributed by atoms with Gasteiger partial charge in [-0.25, -0.2) is 4.39 Å². The first kappa shape index (κ1) is 17.2. The number of carbonyl (C=O) groups is 1. The van der Waals surface area contributed by atoms with E-state index in [0.29, 0.717) is 5.13 Å². The highest BCUT2D eigenvalue weighted by Crippen LogP contribution is 2.31. The smallest absolute Gasteiger partial charge is 0.260 e. The van der Waals surface area contributed by atoms with E-state index in [-0.39, 0.29) is 11.5 Å². The molecule has 0 saturated heterocycles. The van der Waals surface area contributed by atoms with Crippen LogP contribution in [-0.4, -0.2) is 16.1 Å². The van der Waals surface area contributed by atoms with Crippen LogP contribution in [0.3, 0.4) is 0 Å². The van der Waals surface area contributed by atoms with Crippen molar-refractivity contribution in [3.63, 3.8) is 0 Å². The van der Waals surface area contributed by atoms with Crippen molar-refractivity contribution in [2.45, 2.75) is 26.2 Å². The lowest BCUT2D eigenvalue weighted by Crippen LogP contribution is -2.13. The van der Waals surface area contributed by atoms with E-state index in [1.165, 1.54) is 23.5 Å². The van der Waals surface area contributed by atoms with Crippen molar-refractivity contribution in [1.82, 2.24) is 10.2 Å². The highest BCUT2D eigenvalue weighted by atomic mass is 32.1. The molecule has 0 bridgehead atoms. The van der Waals surface area contributed by atoms with E-state index in [1.807, 2.05) is 25.1 Å². The largest absolute Gasteiger partial charge is 0.296 e. The first-order valence-corrected chi connectivity index (χ1v) is 8.86. The molecular formula is C19H18FN3OS. The van der Waals surface area contributed by atoms with Gasteiger partial charge in [-0.15, -0.1) is 10.2 Å². The Morgan fingerprint density at radius 2 is 1.96 bits per heavy atom. The summed E-state index contributed by atoms with van der Waals surface area (Å²) < 4.78 is 13.8. The number of hydrogen-bond donors (Lipinski definition) is 1. The van der Waals surface area contributed by atoms with Crippen LogP contribution < -0.4 is 5.32 Å². The van der Waals surface area contributed by atoms with Gasteiger partial charge in [0.1, 0.15) is 10.8 Å². The SMILES string of the molecule is CCC(c1ccccc1)c1nnc(NC(=O)c2cc(C)ccc2F)s1. The number of halogens is 1. The first-order chi connectivity index (χ1) is 12.1. The zero-order valence-electron chi connectivity index (χ0n) is 14.0. The Hall–Kier alpha value is -2.60. The number of rotatable bonds is 5. The average Bonchev–Trinajstić information content (AvgIpc) is 3.06. The van der Waals surface area contributed by atoms with Crippen LogP contribution in [0.2, 0.25) is 0 Å². The second-order valence-electron chi connectivity index (χ2n) is 5.75. The summed E-state index contributed by atoms with van der Waals surface area (Å²) in [7, 11) is 0. The second kappa shape index (κ2) is 7.53. The van der Waals surface area contributed by atoms with Crippen LogP contribution in [-0.2, 0) is 0 Å². The predicted octanol–water partition coefficient (Wildman–Crippen LogP) is 4.78. The number of hydrogen-bond acceptors (Lipinski definition) is 4. The molecule has 1 heterocycles. The van der Waals surface area contributed by atoms with Gasteiger partial charge < -0.3 is 0 Å². The number of benzene rings is 2. The number of nitrogens with one attached hydrogen (secondary N) is 1. The highest BCUT2D eigenvalue weighted by Gasteiger charge is 2.19. The number of carbonyl (C=O) groups excluding carboxylic acids is 1. The molecule has 1 N–H and O–H groups in total. The Bertz CT molecular complexity index is 879. The average molecular weight is 355 g/mol. The van der Waals surface area contributed by atoms with Crippen LogP contribution in [0.25, 0.3) is 0 Å². The summed E-state index contributed by atoms with van der Waals surface area (Å²) >= 11 is 1.32. The summed E-state index contributed by atoms with van der Waals surface area (Å²) in [4.78, 5) is 12.3. The van der Waals surface area contributed by atoms with Crippen molar-refractivity contribution in [3.05, 3.63) is 76.0 Å². The van der Waals surface area contributed by atoms with Crippen LogP contribution in [0.15, 0.2) is 48.5 Å². The lowest BCUT2D eigenvalue weighted by atomic mass is 9.97. The minimum Gasteiger partial charge on any atom is -0.296 e. The molecule has 0 spiro atoms. The molecule has 128 valence electrons. The van der Waals surface area contributed by atoms with Crippen LogP contribution in [0.1, 0.15) is 45.8 Å². The first-order valence-electron chi connectivity index (χ1n) is 8.04. The van der Waals surface area contributed by atoms with Crippen molar-refractivity contribution in [3.8, 4) is 0 Å². The van der Waals surface area contributed by atoms with Crippen molar-refractivity contribution < 1.29 is 9.18 Å². The highest BCUT2D eigenvalue weighted by molar-refractivity contribution is 7.15. The maximum absolute atomic E-state index is 13.8. The Morgan fingerprint density at radius 3 is 2.68 bits per heavy atom. The molecule has 0 fully saturated rings. The van der Waals surface area contributed by atoms with Crippen LogP contribution in [0.4, 0.5) is 9.52 Å². The molecule has 0 aliphatic heterocycles. The molecule has 25 heavy (non-hydrogen) atoms. The molecule has 0 aliphatic carbocycles. The van der Waals surface area contributed by atoms with Gasteiger partial charge in [0.05, 0.1) is 5.56 Å². The van der Waals surface area contributed by atoms with Crippen molar-refractivity contribution in [1.29, 1.82) is 0 Å². The summed E-state index contributed by atoms with van der Waals surface area (Å²) in [5, 5.41) is 12.1. The minimum absolute atomic E-state index is 0.00634. The maximum atomic E-state index is 13.8. The fraction of sp³-hybridized carbons (Fsp3) is 0.211. The Kier molecular flexibility index (Phi) is 5.19. The zero-order chi connectivity index (χ0) is 17.8. The van der Waals surface area contributed by atoms with E-state index >= 15 is 0 Å². The predicted molar refractivity (Wildman–Crippen MR) is 97.6 cm³/mol. The van der Waals surface area contributed by atoms with Crippen LogP contribution in [0.5, 0.6) is 0 Å². The Labute approximate surface area is 149 Å². The molecule has 4 nitrogen and oxygen atoms in total. The molecular weight excluding hydrogens is 337 g/mol. The molecule has 3 rings (SSSR count). The van der Waals surface area contributed by atoms with E-state index in [0.717, 1.165) is 22.6 Å². The second-order valence-corrected chi connectivity index (χ2v) is 6.76. The van der Waals surface area contributed by atoms with Gasteiger partial charge in [0.15, 0.2) is 0 Å². The Morgan fingerprint density at radius 1 is 1.20 bits per heavy atom. The summed E-state index contributed by atoms with van der Waals surface area (Å²) in [6, 6.07) is 14.5. The normalized spacial score (nSPS) is 12.0. The summed E-state index contributed by atoms with van der Waals surface area (Å²) in [6.45, 7) is 3.89. The van der Waals surface area contributed by atoms with Gasteiger partial charge in [-0.05, 0) is 31.0 Å². The molecule has 6 heteroatoms. The topological polar surface area (TPSA) is 54.9 Å². The third-order valence-corrected chi connectivity index (χ3v) is 4.89. The zero-order valence-corrected chi connectivity index (χ0v) is 14.8. The molecule has 1 atom stereocenters. The molecule has 1 amide bonds. The van der Waals surface area contributed by atoms with Crippen LogP contribution >= 0.6 is 11.3 Å². The molecule has 0 aliphatic rings. The molecule has 1 unspecified atom stereocenters. The third kappa shape index (κ3) is 3.91. The third-order valence-electron chi connectivity index (χ3n) is 3.94. The number of aromatic nitrogens is 2. The van der Waals surface area contributed by atoms with Gasteiger partial charge in [0.25, 0.3) is 5.91 Å². The van der Waals surface area contributed by atoms with E-state index in [4.69, 9.17) is 0 Å². The number of aryl methyl sites for hydroxylation is 1. The van der Waals surface area contributed by atoms with Gasteiger partial charge in [0, 0.05) is 5.92 Å². The van der Waals surface area contributed by atoms with Gasteiger partial charge in [0.2, 0.25) is 5.13 Å². The summed E-state index contributed by atoms with van der Waals surface area (Å²) in [6.07, 6.45) is 0.874. The molecule has 3 aromatic rings. The lowest BCUT2D eigenvalue weighted by molar-refractivity contribution is 0.102. The fourth-order valence-electron chi connectivity index (χ4n) is 2.64. The van der Waals surface area contributed by atoms with Gasteiger partial charge in [-0.3, -0.25) is 10.1 Å². The van der Waals surface area contributed by atoms with Gasteiger partial charge in [-0.2, -0.15) is 0 Å². The number of anilines is 1. The summed E-state index contributed by atoms with van der Waals surface area (Å²) in [5.41, 5.74) is 1.98. The van der Waals surface area contributed by atoms with E-state index in [9.17, 15) is 9.18 Å². The standard InChI is InChI=1S/C19H18FN3OS/c1-3-14(13-7-5-4-6-8-13)18-22-23-19(25-18)21-17(24)15-11-12(2)9-10-16(15)20/h4-11,14H,3H2,1-2H3,(H,21,23,24). The van der Waals surface area contributed by atoms with E-state index in [1.54, 1.807) is 6.07 Å². The van der Waals surface area contributed by atoms with Crippen molar-refractivity contribution in [2.75, 3.05) is 5.32 Å². The maximum Gasteiger partial charge on any atom is 0.260 e. The molecule has 1 aromatic heterocycles. The van der Waals surface area contributed by atoms with Crippen molar-refractivity contribution in [2.24, 2.45) is 0 Å². The van der Waals surface area contributed by atoms with Gasteiger partial charge >= 0.3 is 0 Å². The minimum atomic E-state index is -0.552. The molecule has 2 aromatic carbocycles. The van der Waals surface area contributed by atoms with Crippen molar-refractivity contribution >= 4 is 22.4 Å². The fourth-order valence-corrected chi connectivity index (χ4v) is 3.59. The number of amides is 1. The lowest BCUT2D eigenvalue weighted by Gasteiger charge is -2.11. The monoisotopic (exact) mass is 355 g/mol. The van der Waals surface area contributed by atoms with E-state index in [2.05, 4.69) is 34.6 Å². The summed E-state index contributed by atoms with van der Waals surface area (Å²) in [5.74, 6) is -0.944. The quantitative estimate of drug-likeness (QED) is 0.716. The van der Waals surface area contributed by atoms with Gasteiger partial charge in [-0.1, -0.05) is 60.2 Å². The Balaban J connectivity index is 1.79. The molecule has 0 saturated carbocycles. The van der Waals surface area contributed by atoms with E-state index < -0.39 is 11.7 Å².